The van der Waals surface area contributed by atoms with Gasteiger partial charge in [-0.2, -0.15) is 9.97 Å². The lowest BCUT2D eigenvalue weighted by molar-refractivity contribution is -0.263. The van der Waals surface area contributed by atoms with Crippen LogP contribution in [0.25, 0.3) is 11.2 Å². The Morgan fingerprint density at radius 1 is 1.32 bits per heavy atom. The number of carbonyl (C=O) groups excluding carboxylic acids is 1. The van der Waals surface area contributed by atoms with Crippen LogP contribution in [-0.2, 0) is 30.6 Å². The summed E-state index contributed by atoms with van der Waals surface area (Å²) in [5.41, 5.74) is 6.48. The SMILES string of the molecule is CC[C@@H](O[C@](F)(COP(=S)(N[C@@H](C)C(=O)OC)Oc1ccccc1)[C@@H](O)CF)n1cnc2c(N(C)C)nc(N)nc21. The molecule has 13 nitrogen and oxygen atoms in total. The molecule has 3 aromatic rings. The van der Waals surface area contributed by atoms with Gasteiger partial charge in [-0.05, 0) is 37.3 Å². The number of nitrogens with zero attached hydrogens (tertiary/aromatic N) is 5. The molecule has 0 saturated carbocycles. The topological polar surface area (TPSA) is 159 Å². The van der Waals surface area contributed by atoms with Crippen molar-refractivity contribution >= 4 is 47.3 Å². The van der Waals surface area contributed by atoms with E-state index in [1.807, 2.05) is 0 Å². The molecule has 0 aliphatic carbocycles. The highest BCUT2D eigenvalue weighted by molar-refractivity contribution is 8.09. The van der Waals surface area contributed by atoms with Crippen molar-refractivity contribution in [3.05, 3.63) is 36.7 Å². The lowest BCUT2D eigenvalue weighted by atomic mass is 10.2. The molecule has 226 valence electrons. The summed E-state index contributed by atoms with van der Waals surface area (Å²) in [6, 6.07) is 7.24. The van der Waals surface area contributed by atoms with Gasteiger partial charge in [0.15, 0.2) is 17.0 Å². The summed E-state index contributed by atoms with van der Waals surface area (Å²) in [6.07, 6.45) is -1.93. The fourth-order valence-electron chi connectivity index (χ4n) is 3.68. The fourth-order valence-corrected chi connectivity index (χ4v) is 6.07. The number of nitrogens with two attached hydrogens (primary N) is 1. The third-order valence-electron chi connectivity index (χ3n) is 5.79. The largest absolute Gasteiger partial charge is 0.468 e. The zero-order valence-electron chi connectivity index (χ0n) is 23.2. The molecule has 0 saturated heterocycles. The minimum atomic E-state index is -3.72. The van der Waals surface area contributed by atoms with E-state index in [4.69, 9.17) is 36.1 Å². The molecule has 0 amide bonds. The maximum atomic E-state index is 16.4. The van der Waals surface area contributed by atoms with E-state index in [9.17, 15) is 14.3 Å². The van der Waals surface area contributed by atoms with Crippen molar-refractivity contribution in [2.75, 3.05) is 45.1 Å². The average Bonchev–Trinajstić information content (AvgIpc) is 3.37. The Morgan fingerprint density at radius 3 is 2.59 bits per heavy atom. The summed E-state index contributed by atoms with van der Waals surface area (Å²) < 4.78 is 53.4. The van der Waals surface area contributed by atoms with Crippen molar-refractivity contribution in [3.8, 4) is 5.75 Å². The van der Waals surface area contributed by atoms with Gasteiger partial charge in [0.25, 0.3) is 5.85 Å². The van der Waals surface area contributed by atoms with E-state index >= 15 is 4.39 Å². The van der Waals surface area contributed by atoms with E-state index in [0.717, 1.165) is 0 Å². The Labute approximate surface area is 241 Å². The van der Waals surface area contributed by atoms with E-state index < -0.39 is 50.1 Å². The number of aliphatic hydroxyl groups is 1. The molecule has 0 bridgehead atoms. The summed E-state index contributed by atoms with van der Waals surface area (Å²) in [7, 11) is 4.67. The Hall–Kier alpha value is -3.01. The number of hydrogen-bond donors (Lipinski definition) is 3. The molecule has 0 aliphatic heterocycles. The lowest BCUT2D eigenvalue weighted by Crippen LogP contribution is -2.48. The van der Waals surface area contributed by atoms with Crippen molar-refractivity contribution < 1.29 is 37.2 Å². The van der Waals surface area contributed by atoms with Crippen molar-refractivity contribution in [2.45, 2.75) is 44.5 Å². The van der Waals surface area contributed by atoms with Crippen molar-refractivity contribution in [1.29, 1.82) is 0 Å². The van der Waals surface area contributed by atoms with E-state index in [1.165, 1.54) is 24.9 Å². The van der Waals surface area contributed by atoms with E-state index in [0.29, 0.717) is 11.3 Å². The number of fused-ring (bicyclic) bond motifs is 1. The first-order chi connectivity index (χ1) is 19.4. The van der Waals surface area contributed by atoms with Crippen LogP contribution in [0.2, 0.25) is 0 Å². The number of para-hydroxylation sites is 1. The van der Waals surface area contributed by atoms with Crippen molar-refractivity contribution in [3.63, 3.8) is 0 Å². The number of halogens is 2. The lowest BCUT2D eigenvalue weighted by Gasteiger charge is -2.35. The summed E-state index contributed by atoms with van der Waals surface area (Å²) >= 11 is 5.56. The van der Waals surface area contributed by atoms with E-state index in [-0.39, 0.29) is 23.8 Å². The summed E-state index contributed by atoms with van der Waals surface area (Å²) in [5, 5.41) is 13.1. The second kappa shape index (κ2) is 13.8. The van der Waals surface area contributed by atoms with Gasteiger partial charge in [-0.15, -0.1) is 0 Å². The van der Waals surface area contributed by atoms with Gasteiger partial charge in [0, 0.05) is 14.1 Å². The molecular weight excluding hydrogens is 583 g/mol. The molecule has 41 heavy (non-hydrogen) atoms. The second-order valence-corrected chi connectivity index (χ2v) is 12.2. The summed E-state index contributed by atoms with van der Waals surface area (Å²) in [4.78, 5) is 26.5. The minimum Gasteiger partial charge on any atom is -0.468 e. The van der Waals surface area contributed by atoms with Gasteiger partial charge in [-0.3, -0.25) is 9.36 Å². The molecule has 5 atom stereocenters. The van der Waals surface area contributed by atoms with Crippen molar-refractivity contribution in [1.82, 2.24) is 24.6 Å². The number of aromatic nitrogens is 4. The molecule has 0 aliphatic rings. The number of alkyl halides is 2. The van der Waals surface area contributed by atoms with Crippen LogP contribution in [0.3, 0.4) is 0 Å². The molecule has 1 aromatic carbocycles. The van der Waals surface area contributed by atoms with Gasteiger partial charge < -0.3 is 34.3 Å². The standard InChI is InChI=1S/C24H34F2N7O6PS/c1-6-18(33-14-28-19-20(32(3)4)29-23(27)30-21(19)33)38-24(26,17(34)12-25)13-37-40(41,31-15(2)22(35)36-5)39-16-10-8-7-9-11-16/h7-11,14-15,17-18,34H,6,12-13H2,1-5H3,(H,31,41)(H2,27,29,30)/t15-,17-,18+,24+,40?/m0/s1. The maximum absolute atomic E-state index is 16.4. The number of methoxy groups -OCH3 is 1. The maximum Gasteiger partial charge on any atom is 0.323 e. The van der Waals surface area contributed by atoms with Crippen LogP contribution in [-0.4, -0.2) is 83.1 Å². The number of nitrogens with one attached hydrogen (secondary N) is 1. The van der Waals surface area contributed by atoms with Gasteiger partial charge in [-0.1, -0.05) is 25.1 Å². The van der Waals surface area contributed by atoms with E-state index in [2.05, 4.69) is 20.0 Å². The predicted octanol–water partition coefficient (Wildman–Crippen LogP) is 2.87. The van der Waals surface area contributed by atoms with Gasteiger partial charge in [-0.25, -0.2) is 18.9 Å². The van der Waals surface area contributed by atoms with Crippen LogP contribution in [0, 0.1) is 0 Å². The first kappa shape index (κ1) is 32.5. The van der Waals surface area contributed by atoms with E-state index in [1.54, 1.807) is 56.3 Å². The molecule has 17 heteroatoms. The van der Waals surface area contributed by atoms with Crippen molar-refractivity contribution in [2.24, 2.45) is 0 Å². The smallest absolute Gasteiger partial charge is 0.323 e. The summed E-state index contributed by atoms with van der Waals surface area (Å²) in [5.74, 6) is -3.18. The van der Waals surface area contributed by atoms with Gasteiger partial charge >= 0.3 is 12.6 Å². The Balaban J connectivity index is 1.94. The molecule has 0 radical (unpaired) electrons. The first-order valence-corrected chi connectivity index (χ1v) is 15.1. The predicted molar refractivity (Wildman–Crippen MR) is 152 cm³/mol. The van der Waals surface area contributed by atoms with Crippen LogP contribution in [0.4, 0.5) is 20.5 Å². The van der Waals surface area contributed by atoms with Gasteiger partial charge in [0.05, 0.1) is 13.4 Å². The number of esters is 1. The number of imidazole rings is 1. The highest BCUT2D eigenvalue weighted by Gasteiger charge is 2.45. The molecule has 2 aromatic heterocycles. The molecule has 2 heterocycles. The van der Waals surface area contributed by atoms with Crippen LogP contribution >= 0.6 is 6.64 Å². The number of benzene rings is 1. The third kappa shape index (κ3) is 7.84. The normalized spacial score (nSPS) is 16.8. The number of rotatable bonds is 15. The zero-order valence-corrected chi connectivity index (χ0v) is 24.9. The Bertz CT molecular complexity index is 1370. The zero-order chi connectivity index (χ0) is 30.4. The quantitative estimate of drug-likeness (QED) is 0.169. The number of hydrogen-bond acceptors (Lipinski definition) is 12. The molecular formula is C24H34F2N7O6PS. The summed E-state index contributed by atoms with van der Waals surface area (Å²) in [6.45, 7) is -3.16. The van der Waals surface area contributed by atoms with Crippen LogP contribution in [0.5, 0.6) is 5.75 Å². The molecule has 3 rings (SSSR count). The molecule has 4 N–H and O–H groups in total. The molecule has 0 fully saturated rings. The molecule has 1 unspecified atom stereocenters. The number of ether oxygens (including phenoxy) is 2. The Kier molecular flexibility index (Phi) is 10.9. The third-order valence-corrected chi connectivity index (χ3v) is 8.27. The average molecular weight is 618 g/mol. The number of carbonyl (C=O) groups is 1. The molecule has 0 spiro atoms. The fraction of sp³-hybridized carbons (Fsp3) is 0.500. The van der Waals surface area contributed by atoms with Crippen LogP contribution < -0.4 is 20.2 Å². The minimum absolute atomic E-state index is 0.0546. The number of aliphatic hydroxyl groups excluding tert-OH is 1. The highest BCUT2D eigenvalue weighted by Crippen LogP contribution is 2.47. The van der Waals surface area contributed by atoms with Gasteiger partial charge in [0.2, 0.25) is 5.95 Å². The first-order valence-electron chi connectivity index (χ1n) is 12.5. The second-order valence-electron chi connectivity index (χ2n) is 9.11. The monoisotopic (exact) mass is 617 g/mol. The highest BCUT2D eigenvalue weighted by atomic mass is 32.5. The van der Waals surface area contributed by atoms with Crippen LogP contribution in [0.1, 0.15) is 26.5 Å². The number of nitrogen functional groups attached to an aromatic ring is 1. The van der Waals surface area contributed by atoms with Crippen LogP contribution in [0.15, 0.2) is 36.7 Å². The Morgan fingerprint density at radius 2 is 2.00 bits per heavy atom. The number of anilines is 2. The van der Waals surface area contributed by atoms with Gasteiger partial charge in [0.1, 0.15) is 37.4 Å².